The number of hydrogen-bond acceptors (Lipinski definition) is 2. The third-order valence-corrected chi connectivity index (χ3v) is 2.53. The van der Waals surface area contributed by atoms with Gasteiger partial charge in [-0.1, -0.05) is 29.8 Å². The molecule has 1 atom stereocenters. The van der Waals surface area contributed by atoms with Crippen molar-refractivity contribution in [3.63, 3.8) is 0 Å². The van der Waals surface area contributed by atoms with Crippen LogP contribution in [0.4, 0.5) is 8.78 Å². The van der Waals surface area contributed by atoms with Crippen molar-refractivity contribution in [1.29, 1.82) is 0 Å². The monoisotopic (exact) mass is 242 g/mol. The van der Waals surface area contributed by atoms with Crippen molar-refractivity contribution in [3.05, 3.63) is 35.4 Å². The molecule has 92 valence electrons. The van der Waals surface area contributed by atoms with E-state index in [4.69, 9.17) is 5.11 Å². The van der Waals surface area contributed by atoms with E-state index >= 15 is 0 Å². The van der Waals surface area contributed by atoms with E-state index in [1.54, 1.807) is 6.92 Å². The number of halogens is 2. The number of carboxylic acid groups (broad SMARTS) is 1. The normalized spacial score (nSPS) is 13.2. The van der Waals surface area contributed by atoms with Crippen molar-refractivity contribution in [3.8, 4) is 0 Å². The van der Waals surface area contributed by atoms with Crippen LogP contribution in [0.25, 0.3) is 0 Å². The fraction of sp³-hybridized carbons (Fsp3) is 0.333. The summed E-state index contributed by atoms with van der Waals surface area (Å²) < 4.78 is 27.0. The zero-order valence-electron chi connectivity index (χ0n) is 9.41. The smallest absolute Gasteiger partial charge is 0.322 e. The number of carbonyl (C=O) groups excluding carboxylic acids is 1. The second-order valence-corrected chi connectivity index (χ2v) is 3.88. The molecule has 0 radical (unpaired) electrons. The van der Waals surface area contributed by atoms with Crippen molar-refractivity contribution in [2.45, 2.75) is 19.8 Å². The lowest BCUT2D eigenvalue weighted by atomic mass is 9.95. The van der Waals surface area contributed by atoms with Crippen LogP contribution in [0, 0.1) is 12.8 Å². The van der Waals surface area contributed by atoms with Gasteiger partial charge in [0.05, 0.1) is 0 Å². The topological polar surface area (TPSA) is 54.4 Å². The number of alkyl halides is 2. The first-order valence-corrected chi connectivity index (χ1v) is 4.99. The van der Waals surface area contributed by atoms with Gasteiger partial charge in [0.1, 0.15) is 5.92 Å². The minimum Gasteiger partial charge on any atom is -0.481 e. The molecule has 17 heavy (non-hydrogen) atoms. The van der Waals surface area contributed by atoms with Crippen LogP contribution in [0.2, 0.25) is 0 Å². The lowest BCUT2D eigenvalue weighted by molar-refractivity contribution is -0.150. The Bertz CT molecular complexity index is 438. The molecule has 0 aliphatic heterocycles. The van der Waals surface area contributed by atoms with Gasteiger partial charge in [-0.05, 0) is 13.8 Å². The van der Waals surface area contributed by atoms with Crippen molar-refractivity contribution in [2.24, 2.45) is 5.92 Å². The number of ketones is 1. The lowest BCUT2D eigenvalue weighted by Gasteiger charge is -2.18. The largest absolute Gasteiger partial charge is 0.481 e. The van der Waals surface area contributed by atoms with Gasteiger partial charge in [-0.15, -0.1) is 0 Å². The number of aliphatic carboxylic acids is 1. The Hall–Kier alpha value is -1.78. The average Bonchev–Trinajstić information content (AvgIpc) is 2.27. The molecule has 1 rings (SSSR count). The first-order chi connectivity index (χ1) is 7.76. The van der Waals surface area contributed by atoms with Gasteiger partial charge in [-0.3, -0.25) is 9.59 Å². The third-order valence-electron chi connectivity index (χ3n) is 2.53. The Morgan fingerprint density at radius 2 is 1.71 bits per heavy atom. The zero-order chi connectivity index (χ0) is 13.2. The van der Waals surface area contributed by atoms with E-state index < -0.39 is 23.6 Å². The molecular weight excluding hydrogens is 230 g/mol. The Kier molecular flexibility index (Phi) is 3.60. The van der Waals surface area contributed by atoms with Crippen molar-refractivity contribution in [2.75, 3.05) is 0 Å². The van der Waals surface area contributed by atoms with E-state index in [0.717, 1.165) is 12.5 Å². The molecular formula is C12H12F2O3. The van der Waals surface area contributed by atoms with Crippen molar-refractivity contribution < 1.29 is 23.5 Å². The van der Waals surface area contributed by atoms with E-state index in [-0.39, 0.29) is 5.56 Å². The number of Topliss-reactive ketones (excluding diaryl/α,β-unsaturated/α-hetero) is 1. The maximum absolute atomic E-state index is 13.5. The fourth-order valence-corrected chi connectivity index (χ4v) is 1.25. The van der Waals surface area contributed by atoms with Gasteiger partial charge in [0.15, 0.2) is 0 Å². The summed E-state index contributed by atoms with van der Waals surface area (Å²) in [5, 5.41) is 8.53. The molecule has 1 unspecified atom stereocenters. The summed E-state index contributed by atoms with van der Waals surface area (Å²) >= 11 is 0. The number of hydrogen-bond donors (Lipinski definition) is 1. The van der Waals surface area contributed by atoms with Crippen molar-refractivity contribution >= 4 is 11.8 Å². The van der Waals surface area contributed by atoms with E-state index in [1.807, 2.05) is 0 Å². The zero-order valence-corrected chi connectivity index (χ0v) is 9.41. The predicted molar refractivity (Wildman–Crippen MR) is 57.3 cm³/mol. The third kappa shape index (κ3) is 2.67. The molecule has 0 fully saturated rings. The highest BCUT2D eigenvalue weighted by Crippen LogP contribution is 2.29. The number of benzene rings is 1. The molecule has 0 amide bonds. The van der Waals surface area contributed by atoms with Gasteiger partial charge in [0.25, 0.3) is 0 Å². The Morgan fingerprint density at radius 1 is 1.24 bits per heavy atom. The molecule has 0 saturated carbocycles. The van der Waals surface area contributed by atoms with Crippen LogP contribution >= 0.6 is 0 Å². The molecule has 0 aliphatic rings. The van der Waals surface area contributed by atoms with Gasteiger partial charge in [0.2, 0.25) is 5.78 Å². The van der Waals surface area contributed by atoms with Crippen LogP contribution in [0.3, 0.4) is 0 Å². The van der Waals surface area contributed by atoms with Crippen LogP contribution in [0.5, 0.6) is 0 Å². The second-order valence-electron chi connectivity index (χ2n) is 3.88. The maximum Gasteiger partial charge on any atom is 0.322 e. The van der Waals surface area contributed by atoms with Crippen LogP contribution in [-0.2, 0) is 4.79 Å². The minimum absolute atomic E-state index is 0.186. The van der Waals surface area contributed by atoms with Crippen molar-refractivity contribution in [1.82, 2.24) is 0 Å². The minimum atomic E-state index is -3.90. The standard InChI is InChI=1S/C12H12F2O3/c1-7-3-5-9(6-4-7)10(15)12(13,14)8(2)11(16)17/h3-6,8H,1-2H3,(H,16,17). The van der Waals surface area contributed by atoms with Gasteiger partial charge in [0, 0.05) is 5.56 Å². The summed E-state index contributed by atoms with van der Waals surface area (Å²) in [6.07, 6.45) is 0. The fourth-order valence-electron chi connectivity index (χ4n) is 1.25. The molecule has 5 heteroatoms. The average molecular weight is 242 g/mol. The predicted octanol–water partition coefficient (Wildman–Crippen LogP) is 2.53. The maximum atomic E-state index is 13.5. The molecule has 0 aliphatic carbocycles. The molecule has 1 aromatic rings. The number of carbonyl (C=O) groups is 2. The van der Waals surface area contributed by atoms with Gasteiger partial charge < -0.3 is 5.11 Å². The molecule has 3 nitrogen and oxygen atoms in total. The molecule has 0 spiro atoms. The summed E-state index contributed by atoms with van der Waals surface area (Å²) in [5.74, 6) is -9.11. The van der Waals surface area contributed by atoms with E-state index in [1.165, 1.54) is 24.3 Å². The second kappa shape index (κ2) is 4.61. The molecule has 1 aromatic carbocycles. The number of aryl methyl sites for hydroxylation is 1. The number of carboxylic acids is 1. The molecule has 1 N–H and O–H groups in total. The summed E-state index contributed by atoms with van der Waals surface area (Å²) in [7, 11) is 0. The molecule has 0 aromatic heterocycles. The molecule has 0 heterocycles. The lowest BCUT2D eigenvalue weighted by Crippen LogP contribution is -2.40. The van der Waals surface area contributed by atoms with Gasteiger partial charge >= 0.3 is 11.9 Å². The Labute approximate surface area is 97.1 Å². The highest BCUT2D eigenvalue weighted by atomic mass is 19.3. The van der Waals surface area contributed by atoms with Crippen LogP contribution in [-0.4, -0.2) is 22.8 Å². The Balaban J connectivity index is 3.04. The number of rotatable bonds is 4. The van der Waals surface area contributed by atoms with Gasteiger partial charge in [-0.25, -0.2) is 0 Å². The summed E-state index contributed by atoms with van der Waals surface area (Å²) in [5.41, 5.74) is 0.643. The summed E-state index contributed by atoms with van der Waals surface area (Å²) in [4.78, 5) is 22.0. The molecule has 0 saturated heterocycles. The highest BCUT2D eigenvalue weighted by molar-refractivity contribution is 6.03. The first kappa shape index (κ1) is 13.3. The first-order valence-electron chi connectivity index (χ1n) is 4.99. The van der Waals surface area contributed by atoms with E-state index in [9.17, 15) is 18.4 Å². The molecule has 0 bridgehead atoms. The summed E-state index contributed by atoms with van der Waals surface area (Å²) in [6, 6.07) is 5.57. The quantitative estimate of drug-likeness (QED) is 0.825. The van der Waals surface area contributed by atoms with Crippen LogP contribution in [0.1, 0.15) is 22.8 Å². The van der Waals surface area contributed by atoms with Crippen LogP contribution in [0.15, 0.2) is 24.3 Å². The van der Waals surface area contributed by atoms with E-state index in [2.05, 4.69) is 0 Å². The SMILES string of the molecule is Cc1ccc(C(=O)C(F)(F)C(C)C(=O)O)cc1. The van der Waals surface area contributed by atoms with Gasteiger partial charge in [-0.2, -0.15) is 8.78 Å². The van der Waals surface area contributed by atoms with Crippen LogP contribution < -0.4 is 0 Å². The Morgan fingerprint density at radius 3 is 2.12 bits per heavy atom. The highest BCUT2D eigenvalue weighted by Gasteiger charge is 2.48. The summed E-state index contributed by atoms with van der Waals surface area (Å²) in [6.45, 7) is 2.57. The van der Waals surface area contributed by atoms with E-state index in [0.29, 0.717) is 0 Å².